The van der Waals surface area contributed by atoms with E-state index in [2.05, 4.69) is 15.1 Å². The van der Waals surface area contributed by atoms with Crippen LogP contribution in [0.2, 0.25) is 0 Å². The minimum atomic E-state index is -0.488. The lowest BCUT2D eigenvalue weighted by atomic mass is 10.2. The third-order valence-electron chi connectivity index (χ3n) is 9.55. The summed E-state index contributed by atoms with van der Waals surface area (Å²) < 4.78 is 17.1. The number of carbonyl (C=O) groups excluding carboxylic acids is 3. The van der Waals surface area contributed by atoms with Gasteiger partial charge in [0.25, 0.3) is 0 Å². The molecule has 8 rings (SSSR count). The van der Waals surface area contributed by atoms with Crippen LogP contribution in [-0.4, -0.2) is 103 Å². The van der Waals surface area contributed by atoms with E-state index in [-0.39, 0.29) is 30.1 Å². The number of hydrogen-bond donors (Lipinski definition) is 1. The molecule has 4 atom stereocenters. The molecule has 4 unspecified atom stereocenters. The van der Waals surface area contributed by atoms with Crippen molar-refractivity contribution in [3.63, 3.8) is 0 Å². The van der Waals surface area contributed by atoms with Gasteiger partial charge in [0.15, 0.2) is 10.3 Å². The van der Waals surface area contributed by atoms with Crippen LogP contribution in [0.5, 0.6) is 0 Å². The number of nitrogens with one attached hydrogen (secondary N) is 1. The second-order valence-corrected chi connectivity index (χ2v) is 16.0. The highest BCUT2D eigenvalue weighted by atomic mass is 32.1. The highest BCUT2D eigenvalue weighted by Crippen LogP contribution is 2.40. The average Bonchev–Trinajstić information content (AvgIpc) is 3.82. The van der Waals surface area contributed by atoms with Gasteiger partial charge in [-0.2, -0.15) is 0 Å². The van der Waals surface area contributed by atoms with Crippen LogP contribution in [0.3, 0.4) is 0 Å². The van der Waals surface area contributed by atoms with Crippen LogP contribution in [0.25, 0.3) is 20.4 Å². The SMILES string of the molecule is COC(=O)c1ccc2nc(N3C4CCC3CN(C(=O)OC(C)(C)C)C4)sc2c1.COC(=O)c1ccc2nc(N3C4CCC3CNC4)sc2c1. The molecule has 4 aliphatic heterocycles. The van der Waals surface area contributed by atoms with Gasteiger partial charge in [0.05, 0.1) is 45.8 Å². The molecule has 4 saturated heterocycles. The number of likely N-dealkylation sites (tertiary alicyclic amines) is 1. The number of amides is 1. The van der Waals surface area contributed by atoms with E-state index in [4.69, 9.17) is 24.2 Å². The molecule has 0 spiro atoms. The lowest BCUT2D eigenvalue weighted by molar-refractivity contribution is 0.0209. The van der Waals surface area contributed by atoms with Crippen molar-refractivity contribution in [1.82, 2.24) is 20.2 Å². The Morgan fingerprint density at radius 1 is 0.735 bits per heavy atom. The van der Waals surface area contributed by atoms with Gasteiger partial charge in [-0.05, 0) is 82.9 Å². The lowest BCUT2D eigenvalue weighted by Gasteiger charge is -2.41. The molecule has 0 saturated carbocycles. The van der Waals surface area contributed by atoms with Gasteiger partial charge < -0.3 is 34.2 Å². The first kappa shape index (κ1) is 33.5. The highest BCUT2D eigenvalue weighted by Gasteiger charge is 2.44. The van der Waals surface area contributed by atoms with Crippen molar-refractivity contribution in [3.8, 4) is 0 Å². The quantitative estimate of drug-likeness (QED) is 0.208. The predicted molar refractivity (Wildman–Crippen MR) is 191 cm³/mol. The van der Waals surface area contributed by atoms with Crippen LogP contribution >= 0.6 is 22.7 Å². The Morgan fingerprint density at radius 2 is 1.18 bits per heavy atom. The van der Waals surface area contributed by atoms with Gasteiger partial charge in [-0.3, -0.25) is 0 Å². The number of aromatic nitrogens is 2. The third-order valence-corrected chi connectivity index (χ3v) is 11.6. The van der Waals surface area contributed by atoms with E-state index in [9.17, 15) is 14.4 Å². The first-order valence-corrected chi connectivity index (χ1v) is 18.4. The van der Waals surface area contributed by atoms with Crippen molar-refractivity contribution in [2.75, 3.05) is 50.2 Å². The van der Waals surface area contributed by atoms with E-state index < -0.39 is 5.60 Å². The summed E-state index contributed by atoms with van der Waals surface area (Å²) in [6, 6.07) is 12.6. The maximum atomic E-state index is 12.5. The number of piperazine rings is 2. The number of benzene rings is 2. The molecule has 260 valence electrons. The van der Waals surface area contributed by atoms with E-state index >= 15 is 0 Å². The summed E-state index contributed by atoms with van der Waals surface area (Å²) in [7, 11) is 2.79. The van der Waals surface area contributed by atoms with Gasteiger partial charge in [-0.1, -0.05) is 22.7 Å². The van der Waals surface area contributed by atoms with Gasteiger partial charge in [-0.15, -0.1) is 0 Å². The van der Waals surface area contributed by atoms with Gasteiger partial charge >= 0.3 is 18.0 Å². The summed E-state index contributed by atoms with van der Waals surface area (Å²) in [5.41, 5.74) is 2.46. The number of rotatable bonds is 4. The molecule has 4 bridgehead atoms. The van der Waals surface area contributed by atoms with Crippen LogP contribution in [0.4, 0.5) is 15.1 Å². The van der Waals surface area contributed by atoms with E-state index in [1.165, 1.54) is 27.1 Å². The van der Waals surface area contributed by atoms with E-state index in [1.807, 2.05) is 49.9 Å². The molecule has 49 heavy (non-hydrogen) atoms. The molecule has 4 aliphatic rings. The zero-order valence-electron chi connectivity index (χ0n) is 28.4. The Labute approximate surface area is 293 Å². The summed E-state index contributed by atoms with van der Waals surface area (Å²) in [5, 5.41) is 5.52. The molecule has 14 heteroatoms. The molecule has 1 N–H and O–H groups in total. The lowest BCUT2D eigenvalue weighted by Crippen LogP contribution is -2.56. The number of thiazole rings is 2. The summed E-state index contributed by atoms with van der Waals surface area (Å²) in [6.45, 7) is 9.04. The Bertz CT molecular complexity index is 1860. The number of nitrogens with zero attached hydrogens (tertiary/aromatic N) is 5. The molecule has 0 radical (unpaired) electrons. The van der Waals surface area contributed by atoms with Crippen molar-refractivity contribution >= 4 is 71.4 Å². The third kappa shape index (κ3) is 6.78. The molecule has 0 aliphatic carbocycles. The molecule has 1 amide bonds. The minimum Gasteiger partial charge on any atom is -0.465 e. The molecular weight excluding hydrogens is 665 g/mol. The normalized spacial score (nSPS) is 23.0. The molecule has 12 nitrogen and oxygen atoms in total. The van der Waals surface area contributed by atoms with E-state index in [0.717, 1.165) is 56.6 Å². The Kier molecular flexibility index (Phi) is 9.13. The van der Waals surface area contributed by atoms with Gasteiger partial charge in [0.1, 0.15) is 5.60 Å². The monoisotopic (exact) mass is 706 g/mol. The Morgan fingerprint density at radius 3 is 1.63 bits per heavy atom. The summed E-state index contributed by atoms with van der Waals surface area (Å²) in [4.78, 5) is 52.1. The zero-order chi connectivity index (χ0) is 34.4. The highest BCUT2D eigenvalue weighted by molar-refractivity contribution is 7.22. The van der Waals surface area contributed by atoms with Crippen LogP contribution < -0.4 is 15.1 Å². The van der Waals surface area contributed by atoms with Gasteiger partial charge in [0.2, 0.25) is 0 Å². The molecular formula is C35H42N6O6S2. The first-order chi connectivity index (χ1) is 23.5. The summed E-state index contributed by atoms with van der Waals surface area (Å²) in [5.74, 6) is -0.642. The number of fused-ring (bicyclic) bond motifs is 6. The molecule has 2 aromatic carbocycles. The van der Waals surface area contributed by atoms with Crippen molar-refractivity contribution in [1.29, 1.82) is 0 Å². The van der Waals surface area contributed by atoms with Crippen LogP contribution in [0, 0.1) is 0 Å². The fourth-order valence-corrected chi connectivity index (χ4v) is 9.61. The van der Waals surface area contributed by atoms with Crippen molar-refractivity contribution in [2.45, 2.75) is 76.2 Å². The maximum Gasteiger partial charge on any atom is 0.410 e. The molecule has 6 heterocycles. The van der Waals surface area contributed by atoms with Crippen molar-refractivity contribution in [2.24, 2.45) is 0 Å². The number of carbonyl (C=O) groups is 3. The Balaban J connectivity index is 0.000000160. The molecule has 4 aromatic rings. The topological polar surface area (TPSA) is 126 Å². The van der Waals surface area contributed by atoms with Crippen LogP contribution in [0.1, 0.15) is 67.2 Å². The number of methoxy groups -OCH3 is 2. The fraction of sp³-hybridized carbons (Fsp3) is 0.514. The van der Waals surface area contributed by atoms with Crippen LogP contribution in [-0.2, 0) is 14.2 Å². The van der Waals surface area contributed by atoms with E-state index in [0.29, 0.717) is 36.3 Å². The van der Waals surface area contributed by atoms with Crippen molar-refractivity contribution in [3.05, 3.63) is 47.5 Å². The minimum absolute atomic E-state index is 0.240. The summed E-state index contributed by atoms with van der Waals surface area (Å²) in [6.07, 6.45) is 4.30. The first-order valence-electron chi connectivity index (χ1n) is 16.7. The fourth-order valence-electron chi connectivity index (χ4n) is 7.32. The van der Waals surface area contributed by atoms with Gasteiger partial charge in [0, 0.05) is 50.3 Å². The Hall–Kier alpha value is -4.01. The smallest absolute Gasteiger partial charge is 0.410 e. The second kappa shape index (κ2) is 13.4. The van der Waals surface area contributed by atoms with Crippen LogP contribution in [0.15, 0.2) is 36.4 Å². The molecule has 4 fully saturated rings. The summed E-state index contributed by atoms with van der Waals surface area (Å²) >= 11 is 3.26. The molecule has 2 aromatic heterocycles. The largest absolute Gasteiger partial charge is 0.465 e. The predicted octanol–water partition coefficient (Wildman–Crippen LogP) is 5.69. The number of hydrogen-bond acceptors (Lipinski definition) is 13. The average molecular weight is 707 g/mol. The number of ether oxygens (including phenoxy) is 3. The maximum absolute atomic E-state index is 12.5. The van der Waals surface area contributed by atoms with Crippen molar-refractivity contribution < 1.29 is 28.6 Å². The van der Waals surface area contributed by atoms with E-state index in [1.54, 1.807) is 34.8 Å². The second-order valence-electron chi connectivity index (χ2n) is 14.0. The van der Waals surface area contributed by atoms with Gasteiger partial charge in [-0.25, -0.2) is 24.4 Å². The standard InChI is InChI=1S/C20H25N3O4S.C15H17N3O2S/c1-20(2,3)27-19(25)22-10-13-6-7-14(11-22)23(13)18-21-15-8-5-12(17(24)26-4)9-16(15)28-18;1-20-14(19)9-2-5-12-13(6-9)21-15(17-12)18-10-3-4-11(18)8-16-7-10/h5,8-9,13-14H,6-7,10-11H2,1-4H3;2,5-6,10-11,16H,3-4,7-8H2,1H3. The number of anilines is 2. The number of esters is 2. The zero-order valence-corrected chi connectivity index (χ0v) is 30.1.